The number of ether oxygens (including phenoxy) is 2. The molecule has 250 valence electrons. The molecule has 0 N–H and O–H groups in total. The Morgan fingerprint density at radius 3 is 1.62 bits per heavy atom. The minimum absolute atomic E-state index is 0.171. The molecule has 0 unspecified atom stereocenters. The van der Waals surface area contributed by atoms with E-state index in [2.05, 4.69) is 167 Å². The van der Waals surface area contributed by atoms with Gasteiger partial charge in [0.05, 0.1) is 11.2 Å². The molecule has 50 heavy (non-hydrogen) atoms. The van der Waals surface area contributed by atoms with Gasteiger partial charge in [-0.25, -0.2) is 0 Å². The smallest absolute Gasteiger partial charge is 0.112 e. The first-order valence-electron chi connectivity index (χ1n) is 17.4. The van der Waals surface area contributed by atoms with Gasteiger partial charge in [-0.3, -0.25) is 0 Å². The van der Waals surface area contributed by atoms with Crippen LogP contribution in [0.1, 0.15) is 49.4 Å². The zero-order valence-corrected chi connectivity index (χ0v) is 29.5. The normalized spacial score (nSPS) is 15.7. The molecular weight excluding hydrogens is 609 g/mol. The number of benzene rings is 4. The Kier molecular flexibility index (Phi) is 10.2. The van der Waals surface area contributed by atoms with Gasteiger partial charge in [0.25, 0.3) is 0 Å². The van der Waals surface area contributed by atoms with Crippen LogP contribution >= 0.6 is 0 Å². The highest BCUT2D eigenvalue weighted by Crippen LogP contribution is 2.57. The molecule has 0 atom stereocenters. The lowest BCUT2D eigenvalue weighted by Gasteiger charge is -2.36. The highest BCUT2D eigenvalue weighted by atomic mass is 16.5. The van der Waals surface area contributed by atoms with Crippen LogP contribution in [0.5, 0.6) is 0 Å². The van der Waals surface area contributed by atoms with Gasteiger partial charge in [-0.15, -0.1) is 0 Å². The van der Waals surface area contributed by atoms with Gasteiger partial charge in [0, 0.05) is 5.41 Å². The van der Waals surface area contributed by atoms with Crippen LogP contribution in [0.15, 0.2) is 194 Å². The Labute approximate surface area is 298 Å². The number of rotatable bonds is 14. The Balaban J connectivity index is 1.55. The first-order valence-corrected chi connectivity index (χ1v) is 17.4. The fourth-order valence-corrected chi connectivity index (χ4v) is 7.79. The van der Waals surface area contributed by atoms with Crippen molar-refractivity contribution in [2.75, 3.05) is 13.2 Å². The largest absolute Gasteiger partial charge is 0.494 e. The van der Waals surface area contributed by atoms with Gasteiger partial charge in [-0.2, -0.15) is 0 Å². The van der Waals surface area contributed by atoms with Crippen molar-refractivity contribution in [3.63, 3.8) is 0 Å². The van der Waals surface area contributed by atoms with Crippen LogP contribution in [0, 0.1) is 0 Å². The van der Waals surface area contributed by atoms with Crippen molar-refractivity contribution in [2.45, 2.75) is 38.0 Å². The number of fused-ring (bicyclic) bond motifs is 6. The molecule has 2 nitrogen and oxygen atoms in total. The number of allylic oxidation sites excluding steroid dienone is 10. The Morgan fingerprint density at radius 1 is 0.620 bits per heavy atom. The lowest BCUT2D eigenvalue weighted by atomic mass is 9.66. The van der Waals surface area contributed by atoms with Gasteiger partial charge in [0.1, 0.15) is 19.0 Å². The summed E-state index contributed by atoms with van der Waals surface area (Å²) in [7, 11) is 0. The summed E-state index contributed by atoms with van der Waals surface area (Å²) in [6, 6.07) is 35.3. The molecule has 0 bridgehead atoms. The van der Waals surface area contributed by atoms with Crippen LogP contribution in [-0.4, -0.2) is 13.2 Å². The highest BCUT2D eigenvalue weighted by Gasteiger charge is 2.47. The molecule has 0 aliphatic heterocycles. The molecule has 6 rings (SSSR count). The van der Waals surface area contributed by atoms with Gasteiger partial charge < -0.3 is 9.47 Å². The second-order valence-electron chi connectivity index (χ2n) is 13.0. The number of hydrogen-bond donors (Lipinski definition) is 0. The lowest BCUT2D eigenvalue weighted by Crippen LogP contribution is -2.29. The maximum absolute atomic E-state index is 5.97. The Hall–Kier alpha value is -5.60. The van der Waals surface area contributed by atoms with Crippen molar-refractivity contribution >= 4 is 0 Å². The first kappa shape index (κ1) is 34.3. The summed E-state index contributed by atoms with van der Waals surface area (Å²) in [6.45, 7) is 19.1. The Bertz CT molecular complexity index is 1990. The van der Waals surface area contributed by atoms with Crippen LogP contribution in [-0.2, 0) is 20.3 Å². The second-order valence-corrected chi connectivity index (χ2v) is 13.0. The van der Waals surface area contributed by atoms with Crippen LogP contribution < -0.4 is 0 Å². The van der Waals surface area contributed by atoms with Crippen LogP contribution in [0.3, 0.4) is 0 Å². The predicted molar refractivity (Wildman–Crippen MR) is 211 cm³/mol. The van der Waals surface area contributed by atoms with Gasteiger partial charge >= 0.3 is 0 Å². The maximum Gasteiger partial charge on any atom is 0.112 e. The van der Waals surface area contributed by atoms with Crippen LogP contribution in [0.2, 0.25) is 0 Å². The molecule has 4 aromatic carbocycles. The van der Waals surface area contributed by atoms with E-state index in [1.807, 2.05) is 13.0 Å². The molecule has 0 aromatic heterocycles. The molecule has 0 spiro atoms. The fourth-order valence-electron chi connectivity index (χ4n) is 7.79. The first-order chi connectivity index (χ1) is 24.4. The summed E-state index contributed by atoms with van der Waals surface area (Å²) in [5.74, 6) is 1.40. The van der Waals surface area contributed by atoms with E-state index >= 15 is 0 Å². The van der Waals surface area contributed by atoms with E-state index in [0.29, 0.717) is 19.0 Å². The summed E-state index contributed by atoms with van der Waals surface area (Å²) in [5.41, 5.74) is 11.7. The molecule has 0 saturated carbocycles. The molecule has 0 radical (unpaired) electrons. The van der Waals surface area contributed by atoms with E-state index in [4.69, 9.17) is 9.47 Å². The molecule has 0 fully saturated rings. The Morgan fingerprint density at radius 2 is 1.10 bits per heavy atom. The second kappa shape index (κ2) is 14.9. The molecule has 0 amide bonds. The fraction of sp³-hybridized carbons (Fsp3) is 0.167. The lowest BCUT2D eigenvalue weighted by molar-refractivity contribution is 0.250. The zero-order valence-electron chi connectivity index (χ0n) is 29.5. The third-order valence-electron chi connectivity index (χ3n) is 10.0. The third kappa shape index (κ3) is 6.07. The predicted octanol–water partition coefficient (Wildman–Crippen LogP) is 12.1. The van der Waals surface area contributed by atoms with E-state index in [-0.39, 0.29) is 5.41 Å². The zero-order chi connectivity index (χ0) is 35.1. The summed E-state index contributed by atoms with van der Waals surface area (Å²) in [6.07, 6.45) is 19.7. The van der Waals surface area contributed by atoms with Crippen LogP contribution in [0.4, 0.5) is 0 Å². The molecule has 0 heterocycles. The van der Waals surface area contributed by atoms with Gasteiger partial charge in [-0.1, -0.05) is 166 Å². The van der Waals surface area contributed by atoms with Crippen molar-refractivity contribution in [1.29, 1.82) is 0 Å². The molecule has 0 saturated heterocycles. The topological polar surface area (TPSA) is 18.5 Å². The van der Waals surface area contributed by atoms with Gasteiger partial charge in [0.2, 0.25) is 0 Å². The summed E-state index contributed by atoms with van der Waals surface area (Å²) in [4.78, 5) is 0. The third-order valence-corrected chi connectivity index (χ3v) is 10.0. The van der Waals surface area contributed by atoms with E-state index in [1.54, 1.807) is 12.2 Å². The molecule has 2 heteroatoms. The van der Waals surface area contributed by atoms with E-state index in [0.717, 1.165) is 23.3 Å². The average molecular weight is 655 g/mol. The minimum Gasteiger partial charge on any atom is -0.494 e. The van der Waals surface area contributed by atoms with Crippen LogP contribution in [0.25, 0.3) is 22.3 Å². The number of hydrogen-bond acceptors (Lipinski definition) is 2. The van der Waals surface area contributed by atoms with E-state index in [9.17, 15) is 0 Å². The van der Waals surface area contributed by atoms with E-state index in [1.165, 1.54) is 44.5 Å². The molecule has 2 aliphatic rings. The van der Waals surface area contributed by atoms with Crippen molar-refractivity contribution in [1.82, 2.24) is 0 Å². The van der Waals surface area contributed by atoms with Crippen molar-refractivity contribution in [3.8, 4) is 22.3 Å². The average Bonchev–Trinajstić information content (AvgIpc) is 3.59. The maximum atomic E-state index is 5.97. The van der Waals surface area contributed by atoms with Crippen molar-refractivity contribution < 1.29 is 9.47 Å². The van der Waals surface area contributed by atoms with Crippen molar-refractivity contribution in [3.05, 3.63) is 216 Å². The van der Waals surface area contributed by atoms with E-state index < -0.39 is 5.41 Å². The monoisotopic (exact) mass is 654 g/mol. The summed E-state index contributed by atoms with van der Waals surface area (Å²) >= 11 is 0. The molecule has 4 aromatic rings. The highest BCUT2D eigenvalue weighted by molar-refractivity contribution is 5.87. The summed E-state index contributed by atoms with van der Waals surface area (Å²) < 4.78 is 11.8. The minimum atomic E-state index is -0.630. The molecule has 2 aliphatic carbocycles. The van der Waals surface area contributed by atoms with Gasteiger partial charge in [0.15, 0.2) is 0 Å². The quantitative estimate of drug-likeness (QED) is 0.0765. The van der Waals surface area contributed by atoms with Crippen molar-refractivity contribution in [2.24, 2.45) is 0 Å². The summed E-state index contributed by atoms with van der Waals surface area (Å²) in [5, 5.41) is 0. The van der Waals surface area contributed by atoms with Gasteiger partial charge in [-0.05, 0) is 88.1 Å². The standard InChI is InChI=1S/C48H46O2/c1-7-33-49-35(4)28-30-37(9-3)48(45-26-16-12-22-41(45)42-23-13-17-27-46(42)48)38(31-29-36(5)50-34-8-2)19-18-32-47(6)43-24-14-10-20-39(43)40-21-11-15-25-44(40)47/h7-31H,1-2,4,32-34H2,3,5-6H3/b19-18-,30-28-,36-29+,37-9+,38-31+. The SMILES string of the molecule is C=CCOC(=C)/C=C\C(=C/C)C1(C(/C=C\CC2(C)c3ccccc3-c3ccccc32)=C/C=C(\C)OCC=C)c2ccccc2-c2ccccc21. The molecular formula is C48H46O2.